The van der Waals surface area contributed by atoms with Crippen molar-refractivity contribution < 1.29 is 9.53 Å². The third-order valence-corrected chi connectivity index (χ3v) is 5.10. The highest BCUT2D eigenvalue weighted by atomic mass is 32.1. The van der Waals surface area contributed by atoms with Gasteiger partial charge in [-0.25, -0.2) is 4.98 Å². The van der Waals surface area contributed by atoms with Crippen molar-refractivity contribution in [1.29, 1.82) is 0 Å². The van der Waals surface area contributed by atoms with Crippen molar-refractivity contribution in [2.75, 3.05) is 12.4 Å². The van der Waals surface area contributed by atoms with Crippen LogP contribution in [0, 0.1) is 12.8 Å². The zero-order valence-corrected chi connectivity index (χ0v) is 14.4. The van der Waals surface area contributed by atoms with E-state index in [2.05, 4.69) is 16.4 Å². The number of methoxy groups -OCH3 is 1. The second kappa shape index (κ2) is 7.13. The van der Waals surface area contributed by atoms with Crippen molar-refractivity contribution >= 4 is 22.4 Å². The number of carbonyl (C=O) groups excluding carboxylic acids is 1. The largest absolute Gasteiger partial charge is 0.496 e. The predicted octanol–water partition coefficient (Wildman–Crippen LogP) is 4.65. The summed E-state index contributed by atoms with van der Waals surface area (Å²) in [5, 5.41) is 5.61. The number of amides is 1. The van der Waals surface area contributed by atoms with E-state index in [1.807, 2.05) is 24.4 Å². The van der Waals surface area contributed by atoms with Crippen molar-refractivity contribution in [1.82, 2.24) is 4.98 Å². The first-order valence-electron chi connectivity index (χ1n) is 8.09. The van der Waals surface area contributed by atoms with Crippen molar-refractivity contribution in [3.63, 3.8) is 0 Å². The summed E-state index contributed by atoms with van der Waals surface area (Å²) in [6.07, 6.45) is 5.55. The van der Waals surface area contributed by atoms with Gasteiger partial charge in [-0.05, 0) is 31.9 Å². The fraction of sp³-hybridized carbons (Fsp3) is 0.444. The van der Waals surface area contributed by atoms with E-state index in [0.717, 1.165) is 48.3 Å². The number of nitrogens with one attached hydrogen (secondary N) is 1. The number of ether oxygens (including phenoxy) is 1. The van der Waals surface area contributed by atoms with Crippen LogP contribution in [0.15, 0.2) is 23.6 Å². The molecule has 0 atom stereocenters. The molecule has 0 bridgehead atoms. The summed E-state index contributed by atoms with van der Waals surface area (Å²) in [5.74, 6) is 1.05. The zero-order valence-electron chi connectivity index (χ0n) is 13.6. The lowest BCUT2D eigenvalue weighted by atomic mass is 9.89. The molecule has 2 aromatic rings. The van der Waals surface area contributed by atoms with Gasteiger partial charge in [0.2, 0.25) is 5.91 Å². The van der Waals surface area contributed by atoms with Gasteiger partial charge in [0.1, 0.15) is 5.75 Å². The maximum Gasteiger partial charge on any atom is 0.229 e. The monoisotopic (exact) mass is 330 g/mol. The lowest BCUT2D eigenvalue weighted by molar-refractivity contribution is -0.120. The summed E-state index contributed by atoms with van der Waals surface area (Å²) in [6.45, 7) is 2.04. The zero-order chi connectivity index (χ0) is 16.2. The standard InChI is InChI=1S/C18H22N2O2S/c1-12-8-9-16(22-2)14(10-12)15-11-23-18(19-15)20-17(21)13-6-4-3-5-7-13/h8-11,13H,3-7H2,1-2H3,(H,19,20,21). The van der Waals surface area contributed by atoms with E-state index in [1.54, 1.807) is 7.11 Å². The Balaban J connectivity index is 1.75. The lowest BCUT2D eigenvalue weighted by Gasteiger charge is -2.19. The minimum atomic E-state index is 0.113. The fourth-order valence-electron chi connectivity index (χ4n) is 3.05. The first-order valence-corrected chi connectivity index (χ1v) is 8.97. The average molecular weight is 330 g/mol. The highest BCUT2D eigenvalue weighted by molar-refractivity contribution is 7.14. The molecular formula is C18H22N2O2S. The SMILES string of the molecule is COc1ccc(C)cc1-c1csc(NC(=O)C2CCCCC2)n1. The molecule has 0 radical (unpaired) electrons. The maximum absolute atomic E-state index is 12.3. The molecule has 4 nitrogen and oxygen atoms in total. The van der Waals surface area contributed by atoms with E-state index in [4.69, 9.17) is 4.74 Å². The van der Waals surface area contributed by atoms with Gasteiger partial charge < -0.3 is 10.1 Å². The van der Waals surface area contributed by atoms with Crippen LogP contribution < -0.4 is 10.1 Å². The minimum Gasteiger partial charge on any atom is -0.496 e. The first kappa shape index (κ1) is 16.0. The number of hydrogen-bond acceptors (Lipinski definition) is 4. The molecule has 1 fully saturated rings. The second-order valence-corrected chi connectivity index (χ2v) is 6.92. The molecule has 1 heterocycles. The van der Waals surface area contributed by atoms with Gasteiger partial charge in [0.15, 0.2) is 5.13 Å². The Morgan fingerprint density at radius 2 is 2.09 bits per heavy atom. The van der Waals surface area contributed by atoms with Gasteiger partial charge in [0.25, 0.3) is 0 Å². The van der Waals surface area contributed by atoms with Crippen molar-refractivity contribution in [2.45, 2.75) is 39.0 Å². The number of aryl methyl sites for hydroxylation is 1. The van der Waals surface area contributed by atoms with Crippen LogP contribution in [0.2, 0.25) is 0 Å². The van der Waals surface area contributed by atoms with Crippen LogP contribution in [0.3, 0.4) is 0 Å². The molecule has 1 aliphatic carbocycles. The Kier molecular flexibility index (Phi) is 4.96. The molecule has 5 heteroatoms. The Hall–Kier alpha value is -1.88. The summed E-state index contributed by atoms with van der Waals surface area (Å²) in [6, 6.07) is 6.02. The quantitative estimate of drug-likeness (QED) is 0.888. The van der Waals surface area contributed by atoms with Crippen molar-refractivity contribution in [3.05, 3.63) is 29.1 Å². The molecule has 0 aliphatic heterocycles. The Morgan fingerprint density at radius 1 is 1.30 bits per heavy atom. The van der Waals surface area contributed by atoms with Gasteiger partial charge in [-0.2, -0.15) is 0 Å². The molecule has 1 amide bonds. The third-order valence-electron chi connectivity index (χ3n) is 4.34. The molecule has 1 aromatic heterocycles. The summed E-state index contributed by atoms with van der Waals surface area (Å²) < 4.78 is 5.42. The topological polar surface area (TPSA) is 51.2 Å². The van der Waals surface area contributed by atoms with Crippen LogP contribution in [0.25, 0.3) is 11.3 Å². The molecule has 1 aromatic carbocycles. The summed E-state index contributed by atoms with van der Waals surface area (Å²) in [5.41, 5.74) is 2.96. The lowest BCUT2D eigenvalue weighted by Crippen LogP contribution is -2.24. The number of benzene rings is 1. The smallest absolute Gasteiger partial charge is 0.229 e. The molecule has 0 unspecified atom stereocenters. The molecule has 1 aliphatic rings. The average Bonchev–Trinajstić information content (AvgIpc) is 3.04. The van der Waals surface area contributed by atoms with E-state index < -0.39 is 0 Å². The number of hydrogen-bond donors (Lipinski definition) is 1. The predicted molar refractivity (Wildman–Crippen MR) is 94.0 cm³/mol. The molecule has 3 rings (SSSR count). The van der Waals surface area contributed by atoms with Gasteiger partial charge in [-0.1, -0.05) is 30.9 Å². The van der Waals surface area contributed by atoms with Gasteiger partial charge in [0, 0.05) is 16.9 Å². The second-order valence-electron chi connectivity index (χ2n) is 6.07. The maximum atomic E-state index is 12.3. The molecule has 23 heavy (non-hydrogen) atoms. The van der Waals surface area contributed by atoms with Crippen LogP contribution >= 0.6 is 11.3 Å². The molecule has 0 spiro atoms. The summed E-state index contributed by atoms with van der Waals surface area (Å²) in [7, 11) is 1.66. The number of aromatic nitrogens is 1. The van der Waals surface area contributed by atoms with Gasteiger partial charge >= 0.3 is 0 Å². The van der Waals surface area contributed by atoms with Crippen molar-refractivity contribution in [3.8, 4) is 17.0 Å². The van der Waals surface area contributed by atoms with E-state index in [-0.39, 0.29) is 11.8 Å². The fourth-order valence-corrected chi connectivity index (χ4v) is 3.76. The highest BCUT2D eigenvalue weighted by Crippen LogP contribution is 2.33. The molecular weight excluding hydrogens is 308 g/mol. The van der Waals surface area contributed by atoms with Crippen LogP contribution in [0.5, 0.6) is 5.75 Å². The van der Waals surface area contributed by atoms with Gasteiger partial charge in [-0.3, -0.25) is 4.79 Å². The Labute approximate surface area is 140 Å². The number of rotatable bonds is 4. The van der Waals surface area contributed by atoms with Crippen molar-refractivity contribution in [2.24, 2.45) is 5.92 Å². The molecule has 1 saturated carbocycles. The number of thiazole rings is 1. The number of nitrogens with zero attached hydrogens (tertiary/aromatic N) is 1. The normalized spacial score (nSPS) is 15.4. The first-order chi connectivity index (χ1) is 11.2. The number of anilines is 1. The van der Waals surface area contributed by atoms with Crippen LogP contribution in [0.1, 0.15) is 37.7 Å². The van der Waals surface area contributed by atoms with Crippen LogP contribution in [-0.4, -0.2) is 18.0 Å². The van der Waals surface area contributed by atoms with Crippen LogP contribution in [0.4, 0.5) is 5.13 Å². The highest BCUT2D eigenvalue weighted by Gasteiger charge is 2.22. The molecule has 0 saturated heterocycles. The van der Waals surface area contributed by atoms with Crippen LogP contribution in [-0.2, 0) is 4.79 Å². The van der Waals surface area contributed by atoms with E-state index >= 15 is 0 Å². The molecule has 1 N–H and O–H groups in total. The van der Waals surface area contributed by atoms with E-state index in [9.17, 15) is 4.79 Å². The molecule has 122 valence electrons. The van der Waals surface area contributed by atoms with E-state index in [1.165, 1.54) is 17.8 Å². The minimum absolute atomic E-state index is 0.113. The van der Waals surface area contributed by atoms with E-state index in [0.29, 0.717) is 5.13 Å². The number of carbonyl (C=O) groups is 1. The summed E-state index contributed by atoms with van der Waals surface area (Å²) in [4.78, 5) is 16.9. The summed E-state index contributed by atoms with van der Waals surface area (Å²) >= 11 is 1.46. The van der Waals surface area contributed by atoms with Gasteiger partial charge in [-0.15, -0.1) is 11.3 Å². The van der Waals surface area contributed by atoms with Gasteiger partial charge in [0.05, 0.1) is 12.8 Å². The third kappa shape index (κ3) is 3.72. The Morgan fingerprint density at radius 3 is 2.83 bits per heavy atom. The Bertz CT molecular complexity index is 690.